The van der Waals surface area contributed by atoms with Crippen LogP contribution < -0.4 is 10.2 Å². The van der Waals surface area contributed by atoms with Crippen LogP contribution in [0.4, 0.5) is 5.82 Å². The van der Waals surface area contributed by atoms with Crippen LogP contribution in [0.15, 0.2) is 60.4 Å². The van der Waals surface area contributed by atoms with Crippen molar-refractivity contribution in [1.29, 1.82) is 0 Å². The number of nitrogens with one attached hydrogen (secondary N) is 1. The molecule has 1 aromatic heterocycles. The van der Waals surface area contributed by atoms with E-state index in [2.05, 4.69) is 15.3 Å². The smallest absolute Gasteiger partial charge is 0.189 e. The van der Waals surface area contributed by atoms with Gasteiger partial charge in [-0.1, -0.05) is 35.3 Å². The Bertz CT molecular complexity index is 1020. The minimum Gasteiger partial charge on any atom is -0.370 e. The predicted molar refractivity (Wildman–Crippen MR) is 104 cm³/mol. The molecule has 130 valence electrons. The van der Waals surface area contributed by atoms with Crippen LogP contribution in [-0.4, -0.2) is 28.8 Å². The molecular weight excluding hydrogens is 371 g/mol. The molecule has 1 N–H and O–H groups in total. The van der Waals surface area contributed by atoms with E-state index in [4.69, 9.17) is 23.2 Å². The Morgan fingerprint density at radius 2 is 1.73 bits per heavy atom. The van der Waals surface area contributed by atoms with Crippen LogP contribution in [-0.2, 0) is 0 Å². The molecule has 0 saturated carbocycles. The average molecular weight is 385 g/mol. The highest BCUT2D eigenvalue weighted by atomic mass is 35.5. The Balaban J connectivity index is 1.69. The van der Waals surface area contributed by atoms with E-state index in [0.717, 1.165) is 11.0 Å². The summed E-state index contributed by atoms with van der Waals surface area (Å²) in [4.78, 5) is 23.4. The van der Waals surface area contributed by atoms with E-state index >= 15 is 0 Å². The third-order valence-electron chi connectivity index (χ3n) is 4.10. The molecule has 1 saturated heterocycles. The number of benzene rings is 2. The first-order valence-corrected chi connectivity index (χ1v) is 8.83. The number of para-hydroxylation sites is 2. The average Bonchev–Trinajstić information content (AvgIpc) is 3.09. The van der Waals surface area contributed by atoms with Gasteiger partial charge in [-0.05, 0) is 36.4 Å². The van der Waals surface area contributed by atoms with E-state index < -0.39 is 0 Å². The Hall–Kier alpha value is -2.63. The summed E-state index contributed by atoms with van der Waals surface area (Å²) >= 11 is 12.2. The highest BCUT2D eigenvalue weighted by molar-refractivity contribution is 6.32. The third kappa shape index (κ3) is 3.23. The van der Waals surface area contributed by atoms with Crippen LogP contribution in [0.3, 0.4) is 0 Å². The molecule has 7 heteroatoms. The third-order valence-corrected chi connectivity index (χ3v) is 4.60. The number of carbonyl (C=O) groups is 1. The lowest BCUT2D eigenvalue weighted by molar-refractivity contribution is 0.104. The molecule has 26 heavy (non-hydrogen) atoms. The molecule has 0 radical (unpaired) electrons. The van der Waals surface area contributed by atoms with Crippen LogP contribution in [0.1, 0.15) is 10.4 Å². The summed E-state index contributed by atoms with van der Waals surface area (Å²) < 4.78 is 0. The molecule has 5 nitrogen and oxygen atoms in total. The number of carbonyl (C=O) groups excluding carboxylic acids is 1. The van der Waals surface area contributed by atoms with Gasteiger partial charge in [0.15, 0.2) is 16.8 Å². The molecule has 1 aliphatic heterocycles. The van der Waals surface area contributed by atoms with Gasteiger partial charge >= 0.3 is 0 Å². The molecule has 2 aromatic carbocycles. The molecular formula is C19H14Cl2N4O. The largest absolute Gasteiger partial charge is 0.370 e. The predicted octanol–water partition coefficient (Wildman–Crippen LogP) is 4.07. The lowest BCUT2D eigenvalue weighted by Crippen LogP contribution is -2.22. The molecule has 4 rings (SSSR count). The molecule has 0 amide bonds. The minimum absolute atomic E-state index is 0.124. The van der Waals surface area contributed by atoms with Gasteiger partial charge in [-0.2, -0.15) is 0 Å². The monoisotopic (exact) mass is 384 g/mol. The molecule has 3 aromatic rings. The fraction of sp³-hybridized carbons (Fsp3) is 0.105. The standard InChI is InChI=1S/C19H14Cl2N4O/c20-13-7-5-12(6-8-13)16(26)11-17-22-9-10-25(17)19-18(21)23-14-3-1-2-4-15(14)24-19/h1-8,11,22H,9-10H2/b17-11+. The van der Waals surface area contributed by atoms with Crippen molar-refractivity contribution in [2.75, 3.05) is 18.0 Å². The van der Waals surface area contributed by atoms with E-state index in [1.165, 1.54) is 0 Å². The molecule has 1 fully saturated rings. The first-order chi connectivity index (χ1) is 12.6. The number of hydrogen-bond acceptors (Lipinski definition) is 5. The zero-order chi connectivity index (χ0) is 18.1. The van der Waals surface area contributed by atoms with Gasteiger partial charge in [-0.25, -0.2) is 9.97 Å². The summed E-state index contributed by atoms with van der Waals surface area (Å²) in [5.74, 6) is 1.06. The van der Waals surface area contributed by atoms with Crippen LogP contribution in [0.25, 0.3) is 11.0 Å². The van der Waals surface area contributed by atoms with E-state index in [1.54, 1.807) is 30.3 Å². The summed E-state index contributed by atoms with van der Waals surface area (Å²) in [6, 6.07) is 14.3. The number of rotatable bonds is 3. The van der Waals surface area contributed by atoms with Crippen molar-refractivity contribution < 1.29 is 4.79 Å². The van der Waals surface area contributed by atoms with Crippen molar-refractivity contribution in [3.05, 3.63) is 76.2 Å². The quantitative estimate of drug-likeness (QED) is 0.544. The van der Waals surface area contributed by atoms with Gasteiger partial charge in [0.2, 0.25) is 0 Å². The fourth-order valence-electron chi connectivity index (χ4n) is 2.82. The number of ketones is 1. The van der Waals surface area contributed by atoms with E-state index in [0.29, 0.717) is 40.5 Å². The number of nitrogens with zero attached hydrogens (tertiary/aromatic N) is 3. The van der Waals surface area contributed by atoms with Crippen molar-refractivity contribution in [2.24, 2.45) is 0 Å². The number of halogens is 2. The van der Waals surface area contributed by atoms with Crippen LogP contribution in [0.5, 0.6) is 0 Å². The van der Waals surface area contributed by atoms with E-state index in [1.807, 2.05) is 29.2 Å². The maximum atomic E-state index is 12.5. The second-order valence-corrected chi connectivity index (χ2v) is 6.60. The zero-order valence-corrected chi connectivity index (χ0v) is 15.1. The lowest BCUT2D eigenvalue weighted by Gasteiger charge is -2.19. The minimum atomic E-state index is -0.124. The lowest BCUT2D eigenvalue weighted by atomic mass is 10.1. The number of hydrogen-bond donors (Lipinski definition) is 1. The fourth-order valence-corrected chi connectivity index (χ4v) is 3.18. The molecule has 2 heterocycles. The summed E-state index contributed by atoms with van der Waals surface area (Å²) in [7, 11) is 0. The SMILES string of the molecule is O=C(/C=C1\NCCN1c1nc2ccccc2nc1Cl)c1ccc(Cl)cc1. The number of aromatic nitrogens is 2. The van der Waals surface area contributed by atoms with Gasteiger partial charge in [0, 0.05) is 29.8 Å². The second kappa shape index (κ2) is 6.94. The molecule has 0 bridgehead atoms. The van der Waals surface area contributed by atoms with Gasteiger partial charge in [0.25, 0.3) is 0 Å². The van der Waals surface area contributed by atoms with Gasteiger partial charge in [-0.3, -0.25) is 4.79 Å². The number of anilines is 1. The summed E-state index contributed by atoms with van der Waals surface area (Å²) in [5, 5.41) is 4.10. The molecule has 0 aliphatic carbocycles. The molecule has 1 aliphatic rings. The normalized spacial score (nSPS) is 15.5. The Morgan fingerprint density at radius 3 is 2.46 bits per heavy atom. The molecule has 0 atom stereocenters. The molecule has 0 spiro atoms. The first kappa shape index (κ1) is 16.8. The maximum absolute atomic E-state index is 12.5. The Morgan fingerprint density at radius 1 is 1.04 bits per heavy atom. The van der Waals surface area contributed by atoms with E-state index in [-0.39, 0.29) is 5.78 Å². The highest BCUT2D eigenvalue weighted by Crippen LogP contribution is 2.28. The van der Waals surface area contributed by atoms with Crippen molar-refractivity contribution in [1.82, 2.24) is 15.3 Å². The topological polar surface area (TPSA) is 58.1 Å². The van der Waals surface area contributed by atoms with Crippen molar-refractivity contribution in [2.45, 2.75) is 0 Å². The van der Waals surface area contributed by atoms with Crippen LogP contribution in [0, 0.1) is 0 Å². The summed E-state index contributed by atoms with van der Waals surface area (Å²) in [5.41, 5.74) is 2.05. The Kier molecular flexibility index (Phi) is 4.49. The van der Waals surface area contributed by atoms with Crippen LogP contribution >= 0.6 is 23.2 Å². The zero-order valence-electron chi connectivity index (χ0n) is 13.6. The highest BCUT2D eigenvalue weighted by Gasteiger charge is 2.24. The van der Waals surface area contributed by atoms with Crippen molar-refractivity contribution >= 4 is 45.8 Å². The van der Waals surface area contributed by atoms with Crippen molar-refractivity contribution in [3.63, 3.8) is 0 Å². The number of allylic oxidation sites excluding steroid dienone is 1. The van der Waals surface area contributed by atoms with Gasteiger partial charge in [0.05, 0.1) is 11.0 Å². The maximum Gasteiger partial charge on any atom is 0.189 e. The van der Waals surface area contributed by atoms with Gasteiger partial charge in [-0.15, -0.1) is 0 Å². The van der Waals surface area contributed by atoms with E-state index in [9.17, 15) is 4.79 Å². The summed E-state index contributed by atoms with van der Waals surface area (Å²) in [6.45, 7) is 1.33. The molecule has 0 unspecified atom stereocenters. The van der Waals surface area contributed by atoms with Crippen molar-refractivity contribution in [3.8, 4) is 0 Å². The second-order valence-electron chi connectivity index (χ2n) is 5.81. The Labute approximate surface area is 160 Å². The number of fused-ring (bicyclic) bond motifs is 1. The van der Waals surface area contributed by atoms with Gasteiger partial charge in [0.1, 0.15) is 5.82 Å². The van der Waals surface area contributed by atoms with Crippen LogP contribution in [0.2, 0.25) is 10.2 Å². The first-order valence-electron chi connectivity index (χ1n) is 8.07. The summed E-state index contributed by atoms with van der Waals surface area (Å²) in [6.07, 6.45) is 1.55. The van der Waals surface area contributed by atoms with Gasteiger partial charge < -0.3 is 10.2 Å².